The molecule has 19 heavy (non-hydrogen) atoms. The summed E-state index contributed by atoms with van der Waals surface area (Å²) in [4.78, 5) is 11.2. The summed E-state index contributed by atoms with van der Waals surface area (Å²) >= 11 is 3.27. The zero-order valence-electron chi connectivity index (χ0n) is 9.12. The van der Waals surface area contributed by atoms with Gasteiger partial charge in [0.25, 0.3) is 5.69 Å². The molecule has 0 atom stereocenters. The van der Waals surface area contributed by atoms with Crippen LogP contribution in [0.25, 0.3) is 10.4 Å². The molecule has 0 saturated carbocycles. The van der Waals surface area contributed by atoms with Crippen LogP contribution >= 0.6 is 22.7 Å². The third kappa shape index (κ3) is 6.31. The van der Waals surface area contributed by atoms with Crippen molar-refractivity contribution in [3.63, 3.8) is 0 Å². The van der Waals surface area contributed by atoms with Crippen LogP contribution in [0.4, 0.5) is 5.69 Å². The normalized spacial score (nSPS) is 10.4. The molecule has 2 rings (SSSR count). The lowest BCUT2D eigenvalue weighted by atomic mass is 10.2. The van der Waals surface area contributed by atoms with Crippen LogP contribution in [0.5, 0.6) is 0 Å². The van der Waals surface area contributed by atoms with Crippen molar-refractivity contribution in [1.82, 2.24) is 0 Å². The molecule has 102 valence electrons. The molecule has 7 nitrogen and oxygen atoms in total. The number of hydrogen-bond acceptors (Lipinski definition) is 6. The molecule has 0 fully saturated rings. The van der Waals surface area contributed by atoms with Crippen LogP contribution in [0.15, 0.2) is 34.3 Å². The van der Waals surface area contributed by atoms with E-state index in [-0.39, 0.29) is 10.6 Å². The molecule has 0 radical (unpaired) electrons. The second kappa shape index (κ2) is 6.63. The van der Waals surface area contributed by atoms with Gasteiger partial charge in [0.2, 0.25) is 15.1 Å². The quantitative estimate of drug-likeness (QED) is 0.298. The van der Waals surface area contributed by atoms with Gasteiger partial charge in [0.15, 0.2) is 4.88 Å². The Morgan fingerprint density at radius 2 is 1.79 bits per heavy atom. The molecule has 1 aromatic heterocycles. The first-order valence-electron chi connectivity index (χ1n) is 4.54. The summed E-state index contributed by atoms with van der Waals surface area (Å²) in [6.45, 7) is 0. The maximum atomic E-state index is 10.4. The van der Waals surface area contributed by atoms with Crippen molar-refractivity contribution in [3.8, 4) is 10.4 Å². The molecule has 0 unspecified atom stereocenters. The Labute approximate surface area is 116 Å². The molecule has 0 spiro atoms. The monoisotopic (exact) mass is 321 g/mol. The molecular weight excluding hydrogens is 314 g/mol. The zero-order valence-corrected chi connectivity index (χ0v) is 11.6. The molecule has 0 aliphatic carbocycles. The number of benzene rings is 1. The second-order valence-electron chi connectivity index (χ2n) is 3.06. The van der Waals surface area contributed by atoms with Crippen LogP contribution in [0, 0.1) is 10.1 Å². The zero-order chi connectivity index (χ0) is 14.5. The van der Waals surface area contributed by atoms with Gasteiger partial charge in [-0.25, -0.2) is 8.42 Å². The Morgan fingerprint density at radius 3 is 2.16 bits per heavy atom. The van der Waals surface area contributed by atoms with Crippen molar-refractivity contribution < 1.29 is 22.4 Å². The van der Waals surface area contributed by atoms with Crippen LogP contribution in [0.2, 0.25) is 0 Å². The third-order valence-corrected chi connectivity index (χ3v) is 3.73. The van der Waals surface area contributed by atoms with E-state index in [1.807, 2.05) is 10.1 Å². The highest BCUT2D eigenvalue weighted by Gasteiger charge is 2.09. The summed E-state index contributed by atoms with van der Waals surface area (Å²) in [5.41, 5.74) is 1.16. The SMILES string of the molecule is O=S(=O)([O-])O.O=[N+]([O-])c1ccc(-c2c[s+]cs2)cc1. The van der Waals surface area contributed by atoms with Crippen molar-refractivity contribution in [2.24, 2.45) is 0 Å². The van der Waals surface area contributed by atoms with Gasteiger partial charge >= 0.3 is 0 Å². The van der Waals surface area contributed by atoms with E-state index in [1.165, 1.54) is 12.1 Å². The first kappa shape index (κ1) is 15.6. The van der Waals surface area contributed by atoms with Gasteiger partial charge in [0.05, 0.1) is 27.6 Å². The summed E-state index contributed by atoms with van der Waals surface area (Å²) in [7, 11) is -4.92. The predicted octanol–water partition coefficient (Wildman–Crippen LogP) is 2.67. The van der Waals surface area contributed by atoms with Gasteiger partial charge in [-0.3, -0.25) is 14.7 Å². The second-order valence-corrected chi connectivity index (χ2v) is 5.87. The summed E-state index contributed by atoms with van der Waals surface area (Å²) in [5.74, 6) is 0. The Morgan fingerprint density at radius 1 is 1.26 bits per heavy atom. The lowest BCUT2D eigenvalue weighted by Gasteiger charge is -1.92. The minimum atomic E-state index is -4.92. The maximum absolute atomic E-state index is 10.4. The summed E-state index contributed by atoms with van der Waals surface area (Å²) < 4.78 is 34.9. The Bertz CT molecular complexity index is 627. The van der Waals surface area contributed by atoms with E-state index in [4.69, 9.17) is 17.5 Å². The van der Waals surface area contributed by atoms with E-state index in [0.717, 1.165) is 10.4 Å². The molecule has 1 heterocycles. The van der Waals surface area contributed by atoms with Crippen molar-refractivity contribution >= 4 is 38.8 Å². The number of rotatable bonds is 2. The summed E-state index contributed by atoms with van der Waals surface area (Å²) in [6, 6.07) is 6.60. The van der Waals surface area contributed by atoms with Gasteiger partial charge < -0.3 is 4.55 Å². The van der Waals surface area contributed by atoms with Crippen molar-refractivity contribution in [1.29, 1.82) is 0 Å². The predicted molar refractivity (Wildman–Crippen MR) is 71.0 cm³/mol. The molecule has 0 saturated heterocycles. The van der Waals surface area contributed by atoms with E-state index >= 15 is 0 Å². The van der Waals surface area contributed by atoms with E-state index in [2.05, 4.69) is 0 Å². The van der Waals surface area contributed by atoms with Crippen molar-refractivity contribution in [3.05, 3.63) is 44.5 Å². The number of nitrogens with zero attached hydrogens (tertiary/aromatic N) is 1. The lowest BCUT2D eigenvalue weighted by molar-refractivity contribution is -0.384. The number of hydrogen-bond donors (Lipinski definition) is 1. The van der Waals surface area contributed by atoms with Gasteiger partial charge in [-0.05, 0) is 12.1 Å². The first-order valence-corrected chi connectivity index (χ1v) is 7.73. The molecule has 0 bridgehead atoms. The highest BCUT2D eigenvalue weighted by atomic mass is 32.3. The topological polar surface area (TPSA) is 121 Å². The van der Waals surface area contributed by atoms with Gasteiger partial charge in [0.1, 0.15) is 5.38 Å². The van der Waals surface area contributed by atoms with E-state index in [9.17, 15) is 10.1 Å². The fraction of sp³-hybridized carbons (Fsp3) is 0. The Balaban J connectivity index is 0.000000312. The van der Waals surface area contributed by atoms with Crippen molar-refractivity contribution in [2.45, 2.75) is 0 Å². The highest BCUT2D eigenvalue weighted by Crippen LogP contribution is 2.28. The largest absolute Gasteiger partial charge is 0.726 e. The Kier molecular flexibility index (Phi) is 5.44. The third-order valence-electron chi connectivity index (χ3n) is 1.77. The highest BCUT2D eigenvalue weighted by molar-refractivity contribution is 7.79. The van der Waals surface area contributed by atoms with Gasteiger partial charge in [-0.2, -0.15) is 0 Å². The summed E-state index contributed by atoms with van der Waals surface area (Å²) in [5, 5.41) is 12.4. The number of nitro benzene ring substituents is 1. The molecule has 0 amide bonds. The fourth-order valence-electron chi connectivity index (χ4n) is 1.08. The van der Waals surface area contributed by atoms with Crippen LogP contribution in [0.1, 0.15) is 0 Å². The van der Waals surface area contributed by atoms with Gasteiger partial charge in [-0.15, -0.1) is 0 Å². The smallest absolute Gasteiger partial charge is 0.269 e. The standard InChI is InChI=1S/C9H6NO2S2.H2O4S/c11-10(12)8-3-1-7(2-4-8)9-5-13-6-14-9;1-5(2,3)4/h1-6H;(H2,1,2,3,4)/q+1;/p-1. The average molecular weight is 321 g/mol. The van der Waals surface area contributed by atoms with Crippen LogP contribution in [-0.2, 0) is 10.4 Å². The van der Waals surface area contributed by atoms with Crippen LogP contribution < -0.4 is 0 Å². The van der Waals surface area contributed by atoms with E-state index < -0.39 is 10.4 Å². The molecule has 2 aromatic rings. The van der Waals surface area contributed by atoms with Gasteiger partial charge in [0, 0.05) is 17.7 Å². The molecule has 1 N–H and O–H groups in total. The molecular formula is C9H7NO6S3. The molecule has 1 aromatic carbocycles. The number of non-ortho nitro benzene ring substituents is 1. The minimum Gasteiger partial charge on any atom is -0.726 e. The Hall–Kier alpha value is -1.46. The average Bonchev–Trinajstić information content (AvgIpc) is 2.80. The minimum absolute atomic E-state index is 0.133. The maximum Gasteiger partial charge on any atom is 0.269 e. The summed E-state index contributed by atoms with van der Waals surface area (Å²) in [6.07, 6.45) is 0. The van der Waals surface area contributed by atoms with Crippen LogP contribution in [-0.4, -0.2) is 22.4 Å². The van der Waals surface area contributed by atoms with Crippen molar-refractivity contribution in [2.75, 3.05) is 0 Å². The van der Waals surface area contributed by atoms with E-state index in [0.29, 0.717) is 0 Å². The van der Waals surface area contributed by atoms with E-state index in [1.54, 1.807) is 34.8 Å². The fourth-order valence-corrected chi connectivity index (χ4v) is 2.86. The molecule has 0 aliphatic heterocycles. The molecule has 10 heteroatoms. The molecule has 0 aliphatic rings. The van der Waals surface area contributed by atoms with Gasteiger partial charge in [-0.1, -0.05) is 0 Å². The lowest BCUT2D eigenvalue weighted by Crippen LogP contribution is -1.90. The first-order chi connectivity index (χ1) is 8.77. The van der Waals surface area contributed by atoms with Crippen LogP contribution in [0.3, 0.4) is 0 Å². The number of nitro groups is 1.